The first-order chi connectivity index (χ1) is 15.1. The van der Waals surface area contributed by atoms with E-state index >= 15 is 0 Å². The highest BCUT2D eigenvalue weighted by molar-refractivity contribution is 5.97. The van der Waals surface area contributed by atoms with Gasteiger partial charge in [-0.25, -0.2) is 8.78 Å². The molecule has 162 valence electrons. The molecule has 1 aliphatic heterocycles. The monoisotopic (exact) mass is 428 g/mol. The number of halogens is 2. The van der Waals surface area contributed by atoms with Gasteiger partial charge >= 0.3 is 0 Å². The standard InChI is InChI=1S/C21H22F2N6O2/c1-2-31-19-6-4-3-5-16(19)21(30)28-11-9-27(10-12-28)14-20-24-25-26-29(20)15-7-8-17(22)18(23)13-15/h3-8,13H,2,9-12,14H2,1H3. The number of ether oxygens (including phenoxy) is 1. The zero-order valence-corrected chi connectivity index (χ0v) is 17.0. The summed E-state index contributed by atoms with van der Waals surface area (Å²) in [5, 5.41) is 11.6. The van der Waals surface area contributed by atoms with Crippen LogP contribution in [-0.4, -0.2) is 68.7 Å². The molecular weight excluding hydrogens is 406 g/mol. The van der Waals surface area contributed by atoms with Gasteiger partial charge in [-0.1, -0.05) is 12.1 Å². The number of rotatable bonds is 6. The topological polar surface area (TPSA) is 76.4 Å². The number of carbonyl (C=O) groups is 1. The van der Waals surface area contributed by atoms with E-state index in [0.29, 0.717) is 62.2 Å². The molecule has 1 saturated heterocycles. The number of aromatic nitrogens is 4. The lowest BCUT2D eigenvalue weighted by Crippen LogP contribution is -2.48. The number of hydrogen-bond acceptors (Lipinski definition) is 6. The molecule has 0 N–H and O–H groups in total. The molecule has 31 heavy (non-hydrogen) atoms. The fraction of sp³-hybridized carbons (Fsp3) is 0.333. The van der Waals surface area contributed by atoms with E-state index in [9.17, 15) is 13.6 Å². The lowest BCUT2D eigenvalue weighted by atomic mass is 10.1. The second kappa shape index (κ2) is 9.17. The first-order valence-electron chi connectivity index (χ1n) is 10.0. The Morgan fingerprint density at radius 2 is 1.84 bits per heavy atom. The molecule has 0 aliphatic carbocycles. The minimum absolute atomic E-state index is 0.0599. The first kappa shape index (κ1) is 20.9. The second-order valence-electron chi connectivity index (χ2n) is 7.10. The summed E-state index contributed by atoms with van der Waals surface area (Å²) in [5.74, 6) is -0.852. The van der Waals surface area contributed by atoms with Crippen molar-refractivity contribution in [3.8, 4) is 11.4 Å². The number of hydrogen-bond donors (Lipinski definition) is 0. The average molecular weight is 428 g/mol. The summed E-state index contributed by atoms with van der Waals surface area (Å²) in [5.41, 5.74) is 0.903. The van der Waals surface area contributed by atoms with Crippen molar-refractivity contribution >= 4 is 5.91 Å². The number of para-hydroxylation sites is 1. The Morgan fingerprint density at radius 3 is 2.58 bits per heavy atom. The van der Waals surface area contributed by atoms with E-state index < -0.39 is 11.6 Å². The maximum absolute atomic E-state index is 13.6. The number of amides is 1. The molecule has 3 aromatic rings. The maximum atomic E-state index is 13.6. The highest BCUT2D eigenvalue weighted by Gasteiger charge is 2.25. The van der Waals surface area contributed by atoms with Crippen molar-refractivity contribution in [1.82, 2.24) is 30.0 Å². The van der Waals surface area contributed by atoms with Crippen molar-refractivity contribution in [2.45, 2.75) is 13.5 Å². The third kappa shape index (κ3) is 4.53. The van der Waals surface area contributed by atoms with Crippen LogP contribution >= 0.6 is 0 Å². The van der Waals surface area contributed by atoms with Crippen molar-refractivity contribution in [2.75, 3.05) is 32.8 Å². The molecule has 0 radical (unpaired) electrons. The highest BCUT2D eigenvalue weighted by Crippen LogP contribution is 2.21. The fourth-order valence-electron chi connectivity index (χ4n) is 3.53. The normalized spacial score (nSPS) is 14.6. The molecule has 2 heterocycles. The molecule has 0 bridgehead atoms. The van der Waals surface area contributed by atoms with Crippen LogP contribution in [0.4, 0.5) is 8.78 Å². The van der Waals surface area contributed by atoms with Crippen LogP contribution in [0, 0.1) is 11.6 Å². The van der Waals surface area contributed by atoms with Crippen molar-refractivity contribution < 1.29 is 18.3 Å². The second-order valence-corrected chi connectivity index (χ2v) is 7.10. The minimum Gasteiger partial charge on any atom is -0.493 e. The molecular formula is C21H22F2N6O2. The number of carbonyl (C=O) groups excluding carboxylic acids is 1. The molecule has 0 atom stereocenters. The number of tetrazole rings is 1. The molecule has 0 spiro atoms. The molecule has 1 aliphatic rings. The predicted octanol–water partition coefficient (Wildman–Crippen LogP) is 2.30. The van der Waals surface area contributed by atoms with Gasteiger partial charge in [0.2, 0.25) is 0 Å². The lowest BCUT2D eigenvalue weighted by Gasteiger charge is -2.34. The highest BCUT2D eigenvalue weighted by atomic mass is 19.2. The third-order valence-corrected chi connectivity index (χ3v) is 5.12. The first-order valence-corrected chi connectivity index (χ1v) is 10.0. The van der Waals surface area contributed by atoms with E-state index in [1.807, 2.05) is 19.1 Å². The smallest absolute Gasteiger partial charge is 0.257 e. The maximum Gasteiger partial charge on any atom is 0.257 e. The summed E-state index contributed by atoms with van der Waals surface area (Å²) in [6.45, 7) is 5.15. The fourth-order valence-corrected chi connectivity index (χ4v) is 3.53. The zero-order chi connectivity index (χ0) is 21.8. The Hall–Kier alpha value is -3.40. The number of piperazine rings is 1. The van der Waals surface area contributed by atoms with Gasteiger partial charge in [-0.3, -0.25) is 9.69 Å². The van der Waals surface area contributed by atoms with E-state index in [1.165, 1.54) is 10.7 Å². The summed E-state index contributed by atoms with van der Waals surface area (Å²) in [6, 6.07) is 10.8. The SMILES string of the molecule is CCOc1ccccc1C(=O)N1CCN(Cc2nnnn2-c2ccc(F)c(F)c2)CC1. The van der Waals surface area contributed by atoms with Crippen LogP contribution in [0.5, 0.6) is 5.75 Å². The largest absolute Gasteiger partial charge is 0.493 e. The van der Waals surface area contributed by atoms with Gasteiger partial charge in [0.15, 0.2) is 17.5 Å². The van der Waals surface area contributed by atoms with Crippen LogP contribution in [-0.2, 0) is 6.54 Å². The Morgan fingerprint density at radius 1 is 1.06 bits per heavy atom. The molecule has 1 amide bonds. The van der Waals surface area contributed by atoms with Gasteiger partial charge in [0.25, 0.3) is 5.91 Å². The summed E-state index contributed by atoms with van der Waals surface area (Å²) >= 11 is 0. The molecule has 1 fully saturated rings. The van der Waals surface area contributed by atoms with Gasteiger partial charge in [0.05, 0.1) is 24.4 Å². The van der Waals surface area contributed by atoms with E-state index in [1.54, 1.807) is 17.0 Å². The van der Waals surface area contributed by atoms with E-state index in [4.69, 9.17) is 4.74 Å². The van der Waals surface area contributed by atoms with Gasteiger partial charge in [0.1, 0.15) is 5.75 Å². The van der Waals surface area contributed by atoms with Crippen molar-refractivity contribution in [1.29, 1.82) is 0 Å². The molecule has 0 saturated carbocycles. The lowest BCUT2D eigenvalue weighted by molar-refractivity contribution is 0.0620. The molecule has 8 nitrogen and oxygen atoms in total. The Bertz CT molecular complexity index is 1070. The van der Waals surface area contributed by atoms with Crippen LogP contribution in [0.3, 0.4) is 0 Å². The average Bonchev–Trinajstić information content (AvgIpc) is 3.24. The summed E-state index contributed by atoms with van der Waals surface area (Å²) in [6.07, 6.45) is 0. The quantitative estimate of drug-likeness (QED) is 0.600. The van der Waals surface area contributed by atoms with Crippen molar-refractivity contribution in [3.63, 3.8) is 0 Å². The van der Waals surface area contributed by atoms with E-state index in [0.717, 1.165) is 12.1 Å². The predicted molar refractivity (Wildman–Crippen MR) is 108 cm³/mol. The Balaban J connectivity index is 1.40. The van der Waals surface area contributed by atoms with Gasteiger partial charge < -0.3 is 9.64 Å². The van der Waals surface area contributed by atoms with Crippen LogP contribution in [0.15, 0.2) is 42.5 Å². The van der Waals surface area contributed by atoms with Gasteiger partial charge in [-0.15, -0.1) is 5.10 Å². The van der Waals surface area contributed by atoms with E-state index in [2.05, 4.69) is 20.4 Å². The minimum atomic E-state index is -0.960. The summed E-state index contributed by atoms with van der Waals surface area (Å²) < 4.78 is 33.8. The third-order valence-electron chi connectivity index (χ3n) is 5.12. The van der Waals surface area contributed by atoms with Crippen molar-refractivity contribution in [2.24, 2.45) is 0 Å². The van der Waals surface area contributed by atoms with Crippen molar-refractivity contribution in [3.05, 3.63) is 65.5 Å². The van der Waals surface area contributed by atoms with E-state index in [-0.39, 0.29) is 5.91 Å². The number of benzene rings is 2. The van der Waals surface area contributed by atoms with Gasteiger partial charge in [0, 0.05) is 32.2 Å². The molecule has 0 unspecified atom stereocenters. The van der Waals surface area contributed by atoms with Gasteiger partial charge in [-0.2, -0.15) is 4.68 Å². The van der Waals surface area contributed by atoms with Crippen LogP contribution < -0.4 is 4.74 Å². The van der Waals surface area contributed by atoms with Gasteiger partial charge in [-0.05, 0) is 41.6 Å². The summed E-state index contributed by atoms with van der Waals surface area (Å²) in [4.78, 5) is 16.9. The Labute approximate surface area is 178 Å². The summed E-state index contributed by atoms with van der Waals surface area (Å²) in [7, 11) is 0. The molecule has 10 heteroatoms. The zero-order valence-electron chi connectivity index (χ0n) is 17.0. The number of nitrogens with zero attached hydrogens (tertiary/aromatic N) is 6. The van der Waals surface area contributed by atoms with Crippen LogP contribution in [0.1, 0.15) is 23.1 Å². The van der Waals surface area contributed by atoms with Crippen LogP contribution in [0.25, 0.3) is 5.69 Å². The molecule has 4 rings (SSSR count). The molecule has 2 aromatic carbocycles. The van der Waals surface area contributed by atoms with Crippen LogP contribution in [0.2, 0.25) is 0 Å². The molecule has 1 aromatic heterocycles. The Kier molecular flexibility index (Phi) is 6.17.